The van der Waals surface area contributed by atoms with Crippen LogP contribution in [0.3, 0.4) is 0 Å². The van der Waals surface area contributed by atoms with Crippen molar-refractivity contribution in [3.8, 4) is 11.5 Å². The molecule has 0 saturated heterocycles. The van der Waals surface area contributed by atoms with Gasteiger partial charge >= 0.3 is 5.97 Å². The Morgan fingerprint density at radius 1 is 1.18 bits per heavy atom. The van der Waals surface area contributed by atoms with Crippen molar-refractivity contribution in [3.63, 3.8) is 0 Å². The van der Waals surface area contributed by atoms with Crippen molar-refractivity contribution in [3.05, 3.63) is 63.2 Å². The summed E-state index contributed by atoms with van der Waals surface area (Å²) in [7, 11) is 0. The molecular weight excluding hydrogens is 286 g/mol. The Labute approximate surface area is 125 Å². The predicted octanol–water partition coefficient (Wildman–Crippen LogP) is 3.63. The lowest BCUT2D eigenvalue weighted by Gasteiger charge is -2.10. The summed E-state index contributed by atoms with van der Waals surface area (Å²) < 4.78 is 5.76. The van der Waals surface area contributed by atoms with Crippen molar-refractivity contribution in [2.45, 2.75) is 6.92 Å². The van der Waals surface area contributed by atoms with Gasteiger partial charge in [-0.3, -0.25) is 10.1 Å². The maximum Gasteiger partial charge on any atom is 0.336 e. The second kappa shape index (κ2) is 5.00. The molecular formula is C16H11NO5. The number of fused-ring (bicyclic) bond motifs is 2. The summed E-state index contributed by atoms with van der Waals surface area (Å²) in [6, 6.07) is 9.30. The van der Waals surface area contributed by atoms with Gasteiger partial charge in [-0.2, -0.15) is 0 Å². The molecule has 0 radical (unpaired) electrons. The summed E-state index contributed by atoms with van der Waals surface area (Å²) in [6.07, 6.45) is 1.39. The van der Waals surface area contributed by atoms with Crippen LogP contribution in [0.5, 0.6) is 11.5 Å². The summed E-state index contributed by atoms with van der Waals surface area (Å²) in [5.74, 6) is -0.317. The summed E-state index contributed by atoms with van der Waals surface area (Å²) in [5, 5.41) is 20.3. The number of hydrogen-bond donors (Lipinski definition) is 1. The van der Waals surface area contributed by atoms with Gasteiger partial charge in [-0.05, 0) is 30.7 Å². The topological polar surface area (TPSA) is 89.7 Å². The summed E-state index contributed by atoms with van der Waals surface area (Å²) in [6.45, 7) is 1.87. The number of hydrogen-bond acceptors (Lipinski definition) is 4. The maximum atomic E-state index is 11.5. The molecule has 3 rings (SSSR count). The predicted molar refractivity (Wildman–Crippen MR) is 79.9 cm³/mol. The number of nitro groups is 1. The highest BCUT2D eigenvalue weighted by Gasteiger charge is 2.22. The van der Waals surface area contributed by atoms with Crippen molar-refractivity contribution in [1.82, 2.24) is 0 Å². The van der Waals surface area contributed by atoms with Gasteiger partial charge in [0.15, 0.2) is 0 Å². The second-order valence-corrected chi connectivity index (χ2v) is 4.94. The fraction of sp³-hybridized carbons (Fsp3) is 0.0625. The third-order valence-corrected chi connectivity index (χ3v) is 3.38. The van der Waals surface area contributed by atoms with Crippen LogP contribution in [0.2, 0.25) is 0 Å². The first kappa shape index (κ1) is 13.8. The molecule has 2 aromatic carbocycles. The van der Waals surface area contributed by atoms with Crippen molar-refractivity contribution in [2.24, 2.45) is 0 Å². The van der Waals surface area contributed by atoms with Crippen LogP contribution >= 0.6 is 0 Å². The molecule has 0 amide bonds. The van der Waals surface area contributed by atoms with Gasteiger partial charge in [-0.1, -0.05) is 12.1 Å². The Balaban J connectivity index is 2.26. The van der Waals surface area contributed by atoms with Crippen LogP contribution < -0.4 is 4.74 Å². The van der Waals surface area contributed by atoms with Crippen LogP contribution in [0.1, 0.15) is 16.7 Å². The molecule has 0 spiro atoms. The molecule has 6 heteroatoms. The first-order valence-electron chi connectivity index (χ1n) is 6.48. The van der Waals surface area contributed by atoms with E-state index in [2.05, 4.69) is 0 Å². The molecule has 0 unspecified atom stereocenters. The van der Waals surface area contributed by atoms with E-state index < -0.39 is 10.9 Å². The van der Waals surface area contributed by atoms with Crippen molar-refractivity contribution in [2.75, 3.05) is 0 Å². The molecule has 0 atom stereocenters. The van der Waals surface area contributed by atoms with Crippen LogP contribution in [-0.2, 0) is 4.79 Å². The minimum atomic E-state index is -1.12. The third-order valence-electron chi connectivity index (χ3n) is 3.38. The number of carboxylic acid groups (broad SMARTS) is 1. The van der Waals surface area contributed by atoms with E-state index in [0.29, 0.717) is 22.6 Å². The summed E-state index contributed by atoms with van der Waals surface area (Å²) in [5.41, 5.74) is 1.64. The molecule has 22 heavy (non-hydrogen) atoms. The molecule has 6 nitrogen and oxygen atoms in total. The average Bonchev–Trinajstić information content (AvgIpc) is 2.62. The molecule has 0 fully saturated rings. The van der Waals surface area contributed by atoms with Crippen LogP contribution in [0.25, 0.3) is 11.6 Å². The zero-order valence-electron chi connectivity index (χ0n) is 11.6. The smallest absolute Gasteiger partial charge is 0.336 e. The molecule has 0 saturated carbocycles. The summed E-state index contributed by atoms with van der Waals surface area (Å²) >= 11 is 0. The van der Waals surface area contributed by atoms with Crippen LogP contribution in [0.15, 0.2) is 36.4 Å². The Kier molecular flexibility index (Phi) is 3.14. The number of carbonyl (C=O) groups is 1. The Morgan fingerprint density at radius 3 is 2.64 bits per heavy atom. The van der Waals surface area contributed by atoms with Crippen molar-refractivity contribution in [1.29, 1.82) is 0 Å². The van der Waals surface area contributed by atoms with Crippen LogP contribution in [0.4, 0.5) is 5.69 Å². The minimum Gasteiger partial charge on any atom is -0.478 e. The number of nitro benzene ring substituents is 1. The van der Waals surface area contributed by atoms with E-state index in [9.17, 15) is 20.0 Å². The number of nitrogens with zero attached hydrogens (tertiary/aromatic N) is 1. The largest absolute Gasteiger partial charge is 0.478 e. The van der Waals surface area contributed by atoms with E-state index in [1.54, 1.807) is 18.2 Å². The normalized spacial score (nSPS) is 12.3. The first-order valence-corrected chi connectivity index (χ1v) is 6.48. The number of aryl methyl sites for hydroxylation is 1. The van der Waals surface area contributed by atoms with Gasteiger partial charge < -0.3 is 9.84 Å². The highest BCUT2D eigenvalue weighted by molar-refractivity contribution is 6.22. The fourth-order valence-electron chi connectivity index (χ4n) is 2.32. The van der Waals surface area contributed by atoms with E-state index in [0.717, 1.165) is 5.56 Å². The van der Waals surface area contributed by atoms with Crippen LogP contribution in [-0.4, -0.2) is 16.0 Å². The molecule has 0 aliphatic carbocycles. The number of benzene rings is 2. The van der Waals surface area contributed by atoms with Gasteiger partial charge in [-0.15, -0.1) is 0 Å². The Bertz CT molecular complexity index is 838. The van der Waals surface area contributed by atoms with E-state index in [1.807, 2.05) is 6.92 Å². The highest BCUT2D eigenvalue weighted by atomic mass is 16.6. The van der Waals surface area contributed by atoms with E-state index >= 15 is 0 Å². The minimum absolute atomic E-state index is 0.0363. The summed E-state index contributed by atoms with van der Waals surface area (Å²) in [4.78, 5) is 21.9. The van der Waals surface area contributed by atoms with E-state index in [-0.39, 0.29) is 11.3 Å². The number of ether oxygens (including phenoxy) is 1. The van der Waals surface area contributed by atoms with Gasteiger partial charge in [0.25, 0.3) is 5.69 Å². The molecule has 1 N–H and O–H groups in total. The Morgan fingerprint density at radius 2 is 1.95 bits per heavy atom. The lowest BCUT2D eigenvalue weighted by molar-refractivity contribution is -0.384. The van der Waals surface area contributed by atoms with E-state index in [1.165, 1.54) is 24.3 Å². The van der Waals surface area contributed by atoms with Gasteiger partial charge in [0.1, 0.15) is 11.5 Å². The van der Waals surface area contributed by atoms with Crippen molar-refractivity contribution >= 4 is 23.3 Å². The zero-order chi connectivity index (χ0) is 15.9. The van der Waals surface area contributed by atoms with Gasteiger partial charge in [0.05, 0.1) is 10.5 Å². The Hall–Kier alpha value is -3.15. The molecule has 0 aromatic heterocycles. The molecule has 2 aromatic rings. The number of rotatable bonds is 2. The third kappa shape index (κ3) is 2.31. The second-order valence-electron chi connectivity index (χ2n) is 4.94. The van der Waals surface area contributed by atoms with Crippen molar-refractivity contribution < 1.29 is 19.6 Å². The number of aliphatic carboxylic acids is 1. The molecule has 1 aliphatic heterocycles. The monoisotopic (exact) mass is 297 g/mol. The standard InChI is InChI=1S/C16H11NO5/c1-9-2-4-12-13(16(18)19)8-10-7-11(17(20)21)3-5-14(10)22-15(12)6-9/h2-8H,1H3,(H,18,19). The van der Waals surface area contributed by atoms with E-state index in [4.69, 9.17) is 4.74 Å². The quantitative estimate of drug-likeness (QED) is 0.675. The molecule has 110 valence electrons. The lowest BCUT2D eigenvalue weighted by Crippen LogP contribution is -2.00. The SMILES string of the molecule is Cc1ccc2c(c1)Oc1ccc([N+](=O)[O-])cc1C=C2C(=O)O. The highest BCUT2D eigenvalue weighted by Crippen LogP contribution is 2.39. The van der Waals surface area contributed by atoms with Crippen LogP contribution in [0, 0.1) is 17.0 Å². The number of non-ortho nitro benzene ring substituents is 1. The number of carboxylic acids is 1. The fourth-order valence-corrected chi connectivity index (χ4v) is 2.32. The molecule has 1 aliphatic rings. The maximum absolute atomic E-state index is 11.5. The molecule has 0 bridgehead atoms. The average molecular weight is 297 g/mol. The van der Waals surface area contributed by atoms with Gasteiger partial charge in [0, 0.05) is 23.3 Å². The lowest BCUT2D eigenvalue weighted by atomic mass is 10.0. The van der Waals surface area contributed by atoms with Gasteiger partial charge in [0.2, 0.25) is 0 Å². The zero-order valence-corrected chi connectivity index (χ0v) is 11.6. The van der Waals surface area contributed by atoms with Gasteiger partial charge in [-0.25, -0.2) is 4.79 Å². The first-order chi connectivity index (χ1) is 10.5. The molecule has 1 heterocycles.